The van der Waals surface area contributed by atoms with Crippen molar-refractivity contribution in [1.82, 2.24) is 5.32 Å². The summed E-state index contributed by atoms with van der Waals surface area (Å²) in [5.41, 5.74) is 1.32. The van der Waals surface area contributed by atoms with Crippen molar-refractivity contribution in [1.29, 1.82) is 0 Å². The molecular formula is C15H23NOS. The second-order valence-corrected chi connectivity index (χ2v) is 5.99. The van der Waals surface area contributed by atoms with Crippen LogP contribution in [0.2, 0.25) is 0 Å². The van der Waals surface area contributed by atoms with E-state index in [1.165, 1.54) is 5.56 Å². The second kappa shape index (κ2) is 8.20. The Labute approximate surface area is 115 Å². The van der Waals surface area contributed by atoms with Crippen LogP contribution >= 0.6 is 11.8 Å². The van der Waals surface area contributed by atoms with Crippen LogP contribution in [-0.2, 0) is 10.5 Å². The van der Waals surface area contributed by atoms with Gasteiger partial charge >= 0.3 is 0 Å². The maximum Gasteiger partial charge on any atom is 0.221 e. The Morgan fingerprint density at radius 2 is 1.89 bits per heavy atom. The van der Waals surface area contributed by atoms with Gasteiger partial charge in [-0.1, -0.05) is 44.2 Å². The quantitative estimate of drug-likeness (QED) is 0.765. The Morgan fingerprint density at radius 1 is 1.22 bits per heavy atom. The van der Waals surface area contributed by atoms with Crippen molar-refractivity contribution in [3.05, 3.63) is 35.9 Å². The molecule has 0 aliphatic carbocycles. The zero-order valence-electron chi connectivity index (χ0n) is 11.5. The molecule has 1 amide bonds. The van der Waals surface area contributed by atoms with Crippen LogP contribution < -0.4 is 5.32 Å². The van der Waals surface area contributed by atoms with Gasteiger partial charge in [-0.05, 0) is 18.4 Å². The number of rotatable bonds is 7. The van der Waals surface area contributed by atoms with Crippen LogP contribution in [0.3, 0.4) is 0 Å². The number of nitrogens with one attached hydrogen (secondary N) is 1. The maximum atomic E-state index is 11.6. The highest BCUT2D eigenvalue weighted by Gasteiger charge is 2.10. The molecule has 0 fully saturated rings. The van der Waals surface area contributed by atoms with Crippen molar-refractivity contribution in [3.63, 3.8) is 0 Å². The van der Waals surface area contributed by atoms with E-state index in [1.54, 1.807) is 0 Å². The van der Waals surface area contributed by atoms with E-state index in [0.29, 0.717) is 12.3 Å². The highest BCUT2D eigenvalue weighted by Crippen LogP contribution is 2.12. The molecule has 0 aromatic heterocycles. The number of benzene rings is 1. The van der Waals surface area contributed by atoms with E-state index in [-0.39, 0.29) is 11.9 Å². The van der Waals surface area contributed by atoms with Crippen LogP contribution in [0.5, 0.6) is 0 Å². The van der Waals surface area contributed by atoms with Crippen molar-refractivity contribution in [2.75, 3.05) is 5.75 Å². The average molecular weight is 265 g/mol. The fraction of sp³-hybridized carbons (Fsp3) is 0.533. The molecule has 1 aromatic rings. The van der Waals surface area contributed by atoms with Crippen molar-refractivity contribution in [2.45, 2.75) is 39.0 Å². The lowest BCUT2D eigenvalue weighted by Crippen LogP contribution is -2.36. The van der Waals surface area contributed by atoms with Crippen LogP contribution in [0.4, 0.5) is 0 Å². The third-order valence-corrected chi connectivity index (χ3v) is 4.00. The van der Waals surface area contributed by atoms with Crippen LogP contribution in [-0.4, -0.2) is 17.7 Å². The first-order chi connectivity index (χ1) is 8.59. The van der Waals surface area contributed by atoms with Crippen LogP contribution in [0.15, 0.2) is 30.3 Å². The predicted octanol–water partition coefficient (Wildman–Crippen LogP) is 3.47. The molecule has 0 heterocycles. The Kier molecular flexibility index (Phi) is 6.88. The van der Waals surface area contributed by atoms with Crippen molar-refractivity contribution < 1.29 is 4.79 Å². The summed E-state index contributed by atoms with van der Waals surface area (Å²) in [5, 5.41) is 3.03. The van der Waals surface area contributed by atoms with Crippen molar-refractivity contribution in [2.24, 2.45) is 5.92 Å². The first-order valence-corrected chi connectivity index (χ1v) is 7.66. The third-order valence-electron chi connectivity index (χ3n) is 2.97. The lowest BCUT2D eigenvalue weighted by Gasteiger charge is -2.17. The monoisotopic (exact) mass is 265 g/mol. The van der Waals surface area contributed by atoms with E-state index in [4.69, 9.17) is 0 Å². The largest absolute Gasteiger partial charge is 0.353 e. The molecule has 0 aliphatic rings. The highest BCUT2D eigenvalue weighted by molar-refractivity contribution is 7.98. The molecule has 3 heteroatoms. The minimum atomic E-state index is 0.164. The van der Waals surface area contributed by atoms with E-state index >= 15 is 0 Å². The van der Waals surface area contributed by atoms with Gasteiger partial charge in [0.2, 0.25) is 5.91 Å². The predicted molar refractivity (Wildman–Crippen MR) is 79.7 cm³/mol. The molecule has 1 aromatic carbocycles. The Bertz CT molecular complexity index is 351. The molecule has 18 heavy (non-hydrogen) atoms. The Hall–Kier alpha value is -0.960. The number of amides is 1. The van der Waals surface area contributed by atoms with E-state index in [2.05, 4.69) is 38.2 Å². The van der Waals surface area contributed by atoms with E-state index in [0.717, 1.165) is 11.5 Å². The molecule has 0 radical (unpaired) electrons. The van der Waals surface area contributed by atoms with E-state index < -0.39 is 0 Å². The van der Waals surface area contributed by atoms with Crippen LogP contribution in [0.25, 0.3) is 0 Å². The van der Waals surface area contributed by atoms with Gasteiger partial charge in [-0.3, -0.25) is 4.79 Å². The minimum Gasteiger partial charge on any atom is -0.353 e. The number of thioether (sulfide) groups is 1. The maximum absolute atomic E-state index is 11.6. The zero-order chi connectivity index (χ0) is 13.4. The Morgan fingerprint density at radius 3 is 2.50 bits per heavy atom. The van der Waals surface area contributed by atoms with E-state index in [9.17, 15) is 4.79 Å². The third kappa shape index (κ3) is 6.10. The number of hydrogen-bond donors (Lipinski definition) is 1. The molecule has 0 saturated carbocycles. The average Bonchev–Trinajstić information content (AvgIpc) is 2.35. The standard InChI is InChI=1S/C15H23NOS/c1-12(2)13(3)16-15(17)9-10-18-11-14-7-5-4-6-8-14/h4-8,12-13H,9-11H2,1-3H3,(H,16,17)/t13-/m0/s1. The molecule has 0 bridgehead atoms. The molecule has 0 aliphatic heterocycles. The van der Waals surface area contributed by atoms with Gasteiger partial charge in [0.1, 0.15) is 0 Å². The first kappa shape index (κ1) is 15.1. The molecule has 100 valence electrons. The van der Waals surface area contributed by atoms with Gasteiger partial charge in [-0.25, -0.2) is 0 Å². The second-order valence-electron chi connectivity index (χ2n) is 4.89. The fourth-order valence-corrected chi connectivity index (χ4v) is 2.32. The summed E-state index contributed by atoms with van der Waals surface area (Å²) < 4.78 is 0. The minimum absolute atomic E-state index is 0.164. The van der Waals surface area contributed by atoms with Gasteiger partial charge in [-0.15, -0.1) is 0 Å². The first-order valence-electron chi connectivity index (χ1n) is 6.50. The van der Waals surface area contributed by atoms with E-state index in [1.807, 2.05) is 30.0 Å². The van der Waals surface area contributed by atoms with Crippen LogP contribution in [0, 0.1) is 5.92 Å². The summed E-state index contributed by atoms with van der Waals surface area (Å²) in [6, 6.07) is 10.6. The molecule has 1 atom stereocenters. The highest BCUT2D eigenvalue weighted by atomic mass is 32.2. The van der Waals surface area contributed by atoms with Gasteiger partial charge in [0.25, 0.3) is 0 Å². The van der Waals surface area contributed by atoms with Crippen molar-refractivity contribution >= 4 is 17.7 Å². The van der Waals surface area contributed by atoms with Crippen LogP contribution in [0.1, 0.15) is 32.8 Å². The zero-order valence-corrected chi connectivity index (χ0v) is 12.3. The topological polar surface area (TPSA) is 29.1 Å². The van der Waals surface area contributed by atoms with Gasteiger partial charge in [-0.2, -0.15) is 11.8 Å². The molecule has 0 unspecified atom stereocenters. The van der Waals surface area contributed by atoms with Gasteiger partial charge in [0.05, 0.1) is 0 Å². The summed E-state index contributed by atoms with van der Waals surface area (Å²) in [5.74, 6) is 2.52. The SMILES string of the molecule is CC(C)[C@H](C)NC(=O)CCSCc1ccccc1. The fourth-order valence-electron chi connectivity index (χ4n) is 1.42. The summed E-state index contributed by atoms with van der Waals surface area (Å²) in [7, 11) is 0. The lowest BCUT2D eigenvalue weighted by molar-refractivity contribution is -0.121. The van der Waals surface area contributed by atoms with Gasteiger partial charge in [0, 0.05) is 24.0 Å². The summed E-state index contributed by atoms with van der Waals surface area (Å²) in [4.78, 5) is 11.6. The van der Waals surface area contributed by atoms with Gasteiger partial charge < -0.3 is 5.32 Å². The molecule has 0 spiro atoms. The molecule has 1 N–H and O–H groups in total. The Balaban J connectivity index is 2.13. The smallest absolute Gasteiger partial charge is 0.221 e. The lowest BCUT2D eigenvalue weighted by atomic mass is 10.1. The normalized spacial score (nSPS) is 12.4. The number of carbonyl (C=O) groups excluding carboxylic acids is 1. The number of carbonyl (C=O) groups is 1. The summed E-state index contributed by atoms with van der Waals surface area (Å²) in [6.07, 6.45) is 0.606. The van der Waals surface area contributed by atoms with Gasteiger partial charge in [0.15, 0.2) is 0 Å². The summed E-state index contributed by atoms with van der Waals surface area (Å²) in [6.45, 7) is 6.30. The number of hydrogen-bond acceptors (Lipinski definition) is 2. The van der Waals surface area contributed by atoms with Crippen molar-refractivity contribution in [3.8, 4) is 0 Å². The molecular weight excluding hydrogens is 242 g/mol. The molecule has 1 rings (SSSR count). The molecule has 0 saturated heterocycles. The molecule has 2 nitrogen and oxygen atoms in total. The summed E-state index contributed by atoms with van der Waals surface area (Å²) >= 11 is 1.81.